The van der Waals surface area contributed by atoms with Crippen molar-refractivity contribution in [3.05, 3.63) is 77.5 Å². The summed E-state index contributed by atoms with van der Waals surface area (Å²) in [4.78, 5) is 33.6. The molecule has 3 rings (SSSR count). The highest BCUT2D eigenvalue weighted by molar-refractivity contribution is 6.49. The maximum Gasteiger partial charge on any atom is 0.343 e. The Labute approximate surface area is 149 Å². The largest absolute Gasteiger partial charge is 0.410 e. The first-order chi connectivity index (χ1) is 12.1. The molecule has 0 atom stereocenters. The highest BCUT2D eigenvalue weighted by Crippen LogP contribution is 2.32. The van der Waals surface area contributed by atoms with Gasteiger partial charge in [0, 0.05) is 18.7 Å². The van der Waals surface area contributed by atoms with E-state index < -0.39 is 9.28 Å². The SMILES string of the molecule is O=C(c1ccccc1)N1CCC(C(=C[SiH](O)O)c2ccccc2)CC1. The number of rotatable bonds is 4. The number of nitrogens with zero attached hydrogens (tertiary/aromatic N) is 1. The second-order valence-corrected chi connectivity index (χ2v) is 7.49. The summed E-state index contributed by atoms with van der Waals surface area (Å²) in [7, 11) is -2.80. The minimum Gasteiger partial charge on any atom is -0.410 e. The Morgan fingerprint density at radius 2 is 1.44 bits per heavy atom. The molecule has 130 valence electrons. The Morgan fingerprint density at radius 3 is 1.96 bits per heavy atom. The lowest BCUT2D eigenvalue weighted by Crippen LogP contribution is -2.38. The molecule has 0 unspecified atom stereocenters. The minimum absolute atomic E-state index is 0.0702. The van der Waals surface area contributed by atoms with E-state index in [1.807, 2.05) is 65.6 Å². The van der Waals surface area contributed by atoms with Crippen LogP contribution in [0, 0.1) is 5.92 Å². The fourth-order valence-corrected chi connectivity index (χ4v) is 4.20. The average Bonchev–Trinajstić information content (AvgIpc) is 2.67. The van der Waals surface area contributed by atoms with Gasteiger partial charge in [0.25, 0.3) is 5.91 Å². The third kappa shape index (κ3) is 4.45. The van der Waals surface area contributed by atoms with Crippen molar-refractivity contribution in [2.45, 2.75) is 12.8 Å². The zero-order valence-electron chi connectivity index (χ0n) is 14.1. The molecule has 1 heterocycles. The third-order valence-corrected chi connectivity index (χ3v) is 5.34. The van der Waals surface area contributed by atoms with Gasteiger partial charge in [0.2, 0.25) is 0 Å². The normalized spacial score (nSPS) is 16.3. The maximum atomic E-state index is 12.6. The number of hydrogen-bond acceptors (Lipinski definition) is 3. The second-order valence-electron chi connectivity index (χ2n) is 6.33. The van der Waals surface area contributed by atoms with E-state index >= 15 is 0 Å². The van der Waals surface area contributed by atoms with Gasteiger partial charge in [-0.1, -0.05) is 48.5 Å². The number of likely N-dealkylation sites (tertiary alicyclic amines) is 1. The number of hydrogen-bond donors (Lipinski definition) is 2. The van der Waals surface area contributed by atoms with E-state index in [0.717, 1.165) is 29.5 Å². The predicted octanol–water partition coefficient (Wildman–Crippen LogP) is 2.37. The van der Waals surface area contributed by atoms with Crippen molar-refractivity contribution in [1.82, 2.24) is 4.90 Å². The molecule has 25 heavy (non-hydrogen) atoms. The molecule has 0 bridgehead atoms. The highest BCUT2D eigenvalue weighted by Gasteiger charge is 2.26. The van der Waals surface area contributed by atoms with Gasteiger partial charge in [-0.25, -0.2) is 0 Å². The van der Waals surface area contributed by atoms with Gasteiger partial charge < -0.3 is 14.5 Å². The van der Waals surface area contributed by atoms with Gasteiger partial charge in [-0.05, 0) is 47.7 Å². The van der Waals surface area contributed by atoms with Crippen molar-refractivity contribution < 1.29 is 14.4 Å². The van der Waals surface area contributed by atoms with Crippen LogP contribution >= 0.6 is 0 Å². The number of carbonyl (C=O) groups excluding carboxylic acids is 1. The Morgan fingerprint density at radius 1 is 0.920 bits per heavy atom. The molecule has 4 nitrogen and oxygen atoms in total. The van der Waals surface area contributed by atoms with Crippen LogP contribution in [0.3, 0.4) is 0 Å². The lowest BCUT2D eigenvalue weighted by molar-refractivity contribution is 0.0708. The number of allylic oxidation sites excluding steroid dienone is 1. The molecule has 1 saturated heterocycles. The second kappa shape index (κ2) is 8.25. The molecule has 0 spiro atoms. The van der Waals surface area contributed by atoms with Crippen molar-refractivity contribution in [1.29, 1.82) is 0 Å². The Bertz CT molecular complexity index is 723. The Kier molecular flexibility index (Phi) is 5.81. The summed E-state index contributed by atoms with van der Waals surface area (Å²) in [6.07, 6.45) is 1.67. The van der Waals surface area contributed by atoms with Crippen LogP contribution in [0.4, 0.5) is 0 Å². The molecule has 1 amide bonds. The molecule has 2 N–H and O–H groups in total. The number of amides is 1. The summed E-state index contributed by atoms with van der Waals surface area (Å²) >= 11 is 0. The first-order valence-electron chi connectivity index (χ1n) is 8.63. The highest BCUT2D eigenvalue weighted by atomic mass is 28.3. The quantitative estimate of drug-likeness (QED) is 0.830. The molecule has 0 aliphatic carbocycles. The number of benzene rings is 2. The summed E-state index contributed by atoms with van der Waals surface area (Å²) in [5.41, 5.74) is 4.41. The summed E-state index contributed by atoms with van der Waals surface area (Å²) < 4.78 is 0. The van der Waals surface area contributed by atoms with E-state index in [-0.39, 0.29) is 11.8 Å². The maximum absolute atomic E-state index is 12.6. The zero-order chi connectivity index (χ0) is 17.6. The molecule has 1 fully saturated rings. The van der Waals surface area contributed by atoms with Gasteiger partial charge in [-0.3, -0.25) is 4.79 Å². The Hall–Kier alpha value is -2.21. The van der Waals surface area contributed by atoms with Crippen LogP contribution in [0.1, 0.15) is 28.8 Å². The molecular formula is C20H23NO3Si. The number of carbonyl (C=O) groups is 1. The molecule has 5 heteroatoms. The van der Waals surface area contributed by atoms with Crippen molar-refractivity contribution in [3.8, 4) is 0 Å². The van der Waals surface area contributed by atoms with E-state index in [4.69, 9.17) is 0 Å². The van der Waals surface area contributed by atoms with Crippen LogP contribution in [0.15, 0.2) is 66.4 Å². The van der Waals surface area contributed by atoms with E-state index in [1.54, 1.807) is 5.70 Å². The number of piperidine rings is 1. The molecule has 1 aliphatic rings. The van der Waals surface area contributed by atoms with E-state index in [0.29, 0.717) is 13.1 Å². The van der Waals surface area contributed by atoms with Crippen LogP contribution in [-0.2, 0) is 0 Å². The molecule has 0 saturated carbocycles. The van der Waals surface area contributed by atoms with Crippen LogP contribution in [0.5, 0.6) is 0 Å². The van der Waals surface area contributed by atoms with Crippen LogP contribution in [-0.4, -0.2) is 42.8 Å². The predicted molar refractivity (Wildman–Crippen MR) is 101 cm³/mol. The first-order valence-corrected chi connectivity index (χ1v) is 10.3. The molecule has 0 aromatic heterocycles. The molecule has 2 aromatic carbocycles. The Balaban J connectivity index is 1.71. The fourth-order valence-electron chi connectivity index (χ4n) is 3.42. The lowest BCUT2D eigenvalue weighted by Gasteiger charge is -2.33. The first kappa shape index (κ1) is 17.6. The van der Waals surface area contributed by atoms with Gasteiger partial charge in [-0.15, -0.1) is 0 Å². The van der Waals surface area contributed by atoms with Crippen molar-refractivity contribution in [2.75, 3.05) is 13.1 Å². The standard InChI is InChI=1S/C20H23NO3Si/c22-20(18-9-5-2-6-10-18)21-13-11-17(12-14-21)19(15-25(23)24)16-7-3-1-4-8-16/h1-10,15,17,23-25H,11-14H2. The molecular weight excluding hydrogens is 330 g/mol. The van der Waals surface area contributed by atoms with Crippen molar-refractivity contribution >= 4 is 20.8 Å². The summed E-state index contributed by atoms with van der Waals surface area (Å²) in [5, 5.41) is 0. The van der Waals surface area contributed by atoms with E-state index in [1.165, 1.54) is 0 Å². The van der Waals surface area contributed by atoms with Crippen LogP contribution in [0.2, 0.25) is 0 Å². The summed E-state index contributed by atoms with van der Waals surface area (Å²) in [6, 6.07) is 19.2. The lowest BCUT2D eigenvalue weighted by atomic mass is 9.86. The van der Waals surface area contributed by atoms with Gasteiger partial charge in [0.05, 0.1) is 0 Å². The van der Waals surface area contributed by atoms with Gasteiger partial charge >= 0.3 is 9.28 Å². The molecule has 0 radical (unpaired) electrons. The average molecular weight is 353 g/mol. The monoisotopic (exact) mass is 353 g/mol. The zero-order valence-corrected chi connectivity index (χ0v) is 15.2. The smallest absolute Gasteiger partial charge is 0.343 e. The summed E-state index contributed by atoms with van der Waals surface area (Å²) in [6.45, 7) is 1.37. The molecule has 1 aliphatic heterocycles. The molecule has 2 aromatic rings. The minimum atomic E-state index is -2.80. The summed E-state index contributed by atoms with van der Waals surface area (Å²) in [5.74, 6) is 0.317. The van der Waals surface area contributed by atoms with Gasteiger partial charge in [0.15, 0.2) is 0 Å². The van der Waals surface area contributed by atoms with E-state index in [2.05, 4.69) is 0 Å². The van der Waals surface area contributed by atoms with Crippen molar-refractivity contribution in [3.63, 3.8) is 0 Å². The van der Waals surface area contributed by atoms with E-state index in [9.17, 15) is 14.4 Å². The van der Waals surface area contributed by atoms with Crippen LogP contribution < -0.4 is 0 Å². The van der Waals surface area contributed by atoms with Crippen molar-refractivity contribution in [2.24, 2.45) is 5.92 Å². The topological polar surface area (TPSA) is 60.8 Å². The third-order valence-electron chi connectivity index (χ3n) is 4.68. The van der Waals surface area contributed by atoms with Gasteiger partial charge in [0.1, 0.15) is 0 Å². The van der Waals surface area contributed by atoms with Crippen LogP contribution in [0.25, 0.3) is 5.57 Å². The fraction of sp³-hybridized carbons (Fsp3) is 0.250. The van der Waals surface area contributed by atoms with Gasteiger partial charge in [-0.2, -0.15) is 0 Å².